The van der Waals surface area contributed by atoms with Crippen molar-refractivity contribution in [2.75, 3.05) is 40.4 Å². The summed E-state index contributed by atoms with van der Waals surface area (Å²) in [4.78, 5) is 35.7. The first kappa shape index (κ1) is 24.3. The maximum atomic E-state index is 13.1. The van der Waals surface area contributed by atoms with Crippen molar-refractivity contribution in [1.82, 2.24) is 30.8 Å². The lowest BCUT2D eigenvalue weighted by molar-refractivity contribution is -0.224. The normalized spacial score (nSPS) is 25.8. The van der Waals surface area contributed by atoms with Gasteiger partial charge in [-0.3, -0.25) is 19.7 Å². The van der Waals surface area contributed by atoms with E-state index in [0.717, 1.165) is 0 Å². The number of nitrogens with one attached hydrogen (secondary N) is 3. The molecule has 13 heteroatoms. The van der Waals surface area contributed by atoms with Crippen LogP contribution >= 0.6 is 0 Å². The third-order valence-corrected chi connectivity index (χ3v) is 5.96. The van der Waals surface area contributed by atoms with Crippen molar-refractivity contribution in [2.24, 2.45) is 0 Å². The Morgan fingerprint density at radius 3 is 2.44 bits per heavy atom. The molecule has 0 aromatic heterocycles. The van der Waals surface area contributed by atoms with Gasteiger partial charge in [-0.1, -0.05) is 12.1 Å². The number of hydrogen-bond donors (Lipinski definition) is 3. The summed E-state index contributed by atoms with van der Waals surface area (Å²) in [5.41, 5.74) is 3.12. The summed E-state index contributed by atoms with van der Waals surface area (Å²) in [6.45, 7) is 1.35. The van der Waals surface area contributed by atoms with Crippen molar-refractivity contribution in [3.63, 3.8) is 0 Å². The van der Waals surface area contributed by atoms with E-state index in [0.29, 0.717) is 30.9 Å². The van der Waals surface area contributed by atoms with Crippen LogP contribution in [0.2, 0.25) is 0 Å². The predicted octanol–water partition coefficient (Wildman–Crippen LogP) is 0.330. The lowest BCUT2D eigenvalue weighted by atomic mass is 10.1. The molecule has 2 amide bonds. The third kappa shape index (κ3) is 5.12. The fraction of sp³-hybridized carbons (Fsp3) is 0.524. The minimum atomic E-state index is -4.54. The number of rotatable bonds is 5. The first-order chi connectivity index (χ1) is 16.1. The van der Waals surface area contributed by atoms with E-state index in [4.69, 9.17) is 4.74 Å². The molecule has 3 aliphatic heterocycles. The van der Waals surface area contributed by atoms with Crippen molar-refractivity contribution in [2.45, 2.75) is 30.8 Å². The highest BCUT2D eigenvalue weighted by Crippen LogP contribution is 2.27. The summed E-state index contributed by atoms with van der Waals surface area (Å²) >= 11 is 0. The molecule has 3 atom stereocenters. The number of hydroxylamine groups is 1. The lowest BCUT2D eigenvalue weighted by Gasteiger charge is -2.39. The quantitative estimate of drug-likeness (QED) is 0.550. The van der Waals surface area contributed by atoms with Crippen molar-refractivity contribution >= 4 is 11.8 Å². The van der Waals surface area contributed by atoms with Crippen molar-refractivity contribution in [3.8, 4) is 0 Å². The van der Waals surface area contributed by atoms with Crippen molar-refractivity contribution < 1.29 is 32.3 Å². The zero-order chi connectivity index (χ0) is 24.5. The molecule has 0 bridgehead atoms. The van der Waals surface area contributed by atoms with Crippen LogP contribution in [0.3, 0.4) is 0 Å². The van der Waals surface area contributed by atoms with Crippen LogP contribution in [0.25, 0.3) is 0 Å². The number of carbonyl (C=O) groups is 2. The molecule has 3 N–H and O–H groups in total. The highest BCUT2D eigenvalue weighted by Gasteiger charge is 2.46. The topological polar surface area (TPSA) is 98.4 Å². The smallest absolute Gasteiger partial charge is 0.377 e. The largest absolute Gasteiger partial charge is 0.430 e. The number of ether oxygens (including phenoxy) is 1. The first-order valence-corrected chi connectivity index (χ1v) is 10.8. The van der Waals surface area contributed by atoms with Crippen LogP contribution in [0, 0.1) is 0 Å². The highest BCUT2D eigenvalue weighted by molar-refractivity contribution is 5.94. The summed E-state index contributed by atoms with van der Waals surface area (Å²) in [5.74, 6) is -0.434. The Morgan fingerprint density at radius 2 is 1.82 bits per heavy atom. The van der Waals surface area contributed by atoms with E-state index in [9.17, 15) is 22.8 Å². The second kappa shape index (κ2) is 9.78. The fourth-order valence-electron chi connectivity index (χ4n) is 4.09. The maximum absolute atomic E-state index is 13.1. The average Bonchev–Trinajstić information content (AvgIpc) is 3.44. The molecule has 3 heterocycles. The summed E-state index contributed by atoms with van der Waals surface area (Å²) in [6.07, 6.45) is -4.29. The van der Waals surface area contributed by atoms with Crippen molar-refractivity contribution in [1.29, 1.82) is 0 Å². The van der Waals surface area contributed by atoms with E-state index in [1.54, 1.807) is 17.0 Å². The number of amides is 2. The molecule has 3 unspecified atom stereocenters. The molecular formula is C21H27F3N6O4. The summed E-state index contributed by atoms with van der Waals surface area (Å²) in [5, 5.41) is 5.11. The molecule has 0 radical (unpaired) electrons. The van der Waals surface area contributed by atoms with Crippen LogP contribution < -0.4 is 16.1 Å². The Hall–Kier alpha value is -2.87. The standard InChI is InChI=1S/C21H27F3N6O4/c1-28-7-8-29(2)18(28)19(32)30-9-10-33-12-15(30)11-25-17(31)14-5-3-13(4-6-14)16-26-20(34-27-16)21(22,23)24/h3-8,15-16,18,20,26-27H,9-12H2,1-2H3,(H,25,31). The van der Waals surface area contributed by atoms with E-state index in [2.05, 4.69) is 21.0 Å². The Labute approximate surface area is 194 Å². The first-order valence-electron chi connectivity index (χ1n) is 10.8. The Kier molecular flexibility index (Phi) is 6.98. The molecule has 186 valence electrons. The fourth-order valence-corrected chi connectivity index (χ4v) is 4.09. The highest BCUT2D eigenvalue weighted by atomic mass is 19.4. The predicted molar refractivity (Wildman–Crippen MR) is 113 cm³/mol. The van der Waals surface area contributed by atoms with E-state index < -0.39 is 24.7 Å². The SMILES string of the molecule is CN1C=CN(C)C1C(=O)N1CCOCC1CNC(=O)c1ccc(C2NOC(C(F)(F)F)N2)cc1. The average molecular weight is 484 g/mol. The van der Waals surface area contributed by atoms with Gasteiger partial charge in [-0.15, -0.1) is 0 Å². The number of likely N-dealkylation sites (N-methyl/N-ethyl adjacent to an activating group) is 2. The van der Waals surface area contributed by atoms with E-state index in [1.807, 2.05) is 36.3 Å². The second-order valence-corrected chi connectivity index (χ2v) is 8.35. The van der Waals surface area contributed by atoms with Crippen LogP contribution in [0.4, 0.5) is 13.2 Å². The van der Waals surface area contributed by atoms with Gasteiger partial charge in [0.15, 0.2) is 6.17 Å². The Bertz CT molecular complexity index is 916. The third-order valence-electron chi connectivity index (χ3n) is 5.96. The molecule has 3 aliphatic rings. The monoisotopic (exact) mass is 484 g/mol. The number of morpholine rings is 1. The number of hydrogen-bond acceptors (Lipinski definition) is 8. The molecule has 1 aromatic carbocycles. The molecule has 4 rings (SSSR count). The molecule has 1 aromatic rings. The molecule has 34 heavy (non-hydrogen) atoms. The van der Waals surface area contributed by atoms with Crippen LogP contribution in [0.15, 0.2) is 36.7 Å². The van der Waals surface area contributed by atoms with Crippen molar-refractivity contribution in [3.05, 3.63) is 47.8 Å². The summed E-state index contributed by atoms with van der Waals surface area (Å²) < 4.78 is 43.7. The minimum Gasteiger partial charge on any atom is -0.377 e. The van der Waals surface area contributed by atoms with Crippen LogP contribution in [0.5, 0.6) is 0 Å². The Morgan fingerprint density at radius 1 is 1.15 bits per heavy atom. The molecule has 0 spiro atoms. The number of halogens is 3. The zero-order valence-corrected chi connectivity index (χ0v) is 18.7. The van der Waals surface area contributed by atoms with Gasteiger partial charge in [-0.2, -0.15) is 18.7 Å². The van der Waals surface area contributed by atoms with E-state index in [-0.39, 0.29) is 24.4 Å². The molecule has 2 saturated heterocycles. The van der Waals surface area contributed by atoms with Gasteiger partial charge >= 0.3 is 6.18 Å². The number of nitrogens with zero attached hydrogens (tertiary/aromatic N) is 3. The number of carbonyl (C=O) groups excluding carboxylic acids is 2. The maximum Gasteiger partial charge on any atom is 0.430 e. The summed E-state index contributed by atoms with van der Waals surface area (Å²) in [7, 11) is 3.66. The van der Waals surface area contributed by atoms with Crippen LogP contribution in [-0.2, 0) is 14.4 Å². The van der Waals surface area contributed by atoms with Gasteiger partial charge in [0.25, 0.3) is 11.8 Å². The van der Waals surface area contributed by atoms with Crippen LogP contribution in [-0.4, -0.2) is 91.5 Å². The molecule has 0 saturated carbocycles. The van der Waals surface area contributed by atoms with E-state index in [1.165, 1.54) is 12.1 Å². The van der Waals surface area contributed by atoms with Crippen LogP contribution in [0.1, 0.15) is 22.1 Å². The molecule has 0 aliphatic carbocycles. The zero-order valence-electron chi connectivity index (χ0n) is 18.7. The lowest BCUT2D eigenvalue weighted by Crippen LogP contribution is -2.59. The molecular weight excluding hydrogens is 457 g/mol. The van der Waals surface area contributed by atoms with Gasteiger partial charge in [0.2, 0.25) is 6.23 Å². The van der Waals surface area contributed by atoms with Gasteiger partial charge in [-0.25, -0.2) is 0 Å². The Balaban J connectivity index is 1.33. The minimum absolute atomic E-state index is 0.0714. The number of benzene rings is 1. The van der Waals surface area contributed by atoms with Gasteiger partial charge in [0.1, 0.15) is 6.17 Å². The van der Waals surface area contributed by atoms with Gasteiger partial charge in [-0.05, 0) is 17.7 Å². The second-order valence-electron chi connectivity index (χ2n) is 8.35. The van der Waals surface area contributed by atoms with Gasteiger partial charge < -0.3 is 24.8 Å². The molecule has 2 fully saturated rings. The molecule has 10 nitrogen and oxygen atoms in total. The number of alkyl halides is 3. The van der Waals surface area contributed by atoms with E-state index >= 15 is 0 Å². The van der Waals surface area contributed by atoms with Gasteiger partial charge in [0, 0.05) is 45.1 Å². The van der Waals surface area contributed by atoms with Gasteiger partial charge in [0.05, 0.1) is 19.3 Å². The summed E-state index contributed by atoms with van der Waals surface area (Å²) in [6, 6.07) is 5.79.